The zero-order chi connectivity index (χ0) is 10.2. The molecule has 1 heterocycles. The fourth-order valence-corrected chi connectivity index (χ4v) is 10.6. The average molecular weight is 299 g/mol. The second kappa shape index (κ2) is 8.04. The molecule has 0 aromatic rings. The van der Waals surface area contributed by atoms with Crippen molar-refractivity contribution < 1.29 is 0 Å². The summed E-state index contributed by atoms with van der Waals surface area (Å²) in [6.45, 7) is 8.77. The molecule has 0 aliphatic carbocycles. The first kappa shape index (κ1) is 12.9. The summed E-state index contributed by atoms with van der Waals surface area (Å²) in [4.78, 5) is 2.64. The van der Waals surface area contributed by atoms with Crippen molar-refractivity contribution in [2.75, 3.05) is 19.6 Å². The van der Waals surface area contributed by atoms with Crippen LogP contribution in [0.2, 0.25) is 12.5 Å². The molecule has 0 atom stereocenters. The summed E-state index contributed by atoms with van der Waals surface area (Å²) < 4.78 is 4.99. The molecule has 82 valence electrons. The molecule has 0 spiro atoms. The summed E-state index contributed by atoms with van der Waals surface area (Å²) in [6.07, 6.45) is 6.04. The Labute approximate surface area is 97.8 Å². The van der Waals surface area contributed by atoms with Gasteiger partial charge in [0.15, 0.2) is 0 Å². The van der Waals surface area contributed by atoms with Crippen molar-refractivity contribution in [1.82, 2.24) is 4.90 Å². The molecule has 1 saturated heterocycles. The summed E-state index contributed by atoms with van der Waals surface area (Å²) in [5.74, 6) is 0. The van der Waals surface area contributed by atoms with Crippen molar-refractivity contribution >= 4 is 21.4 Å². The summed E-state index contributed by atoms with van der Waals surface area (Å²) in [6, 6.07) is 0. The van der Waals surface area contributed by atoms with E-state index in [1.165, 1.54) is 32.5 Å². The Bertz CT molecular complexity index is 110. The molecule has 2 heteroatoms. The van der Waals surface area contributed by atoms with E-state index in [4.69, 9.17) is 0 Å². The predicted octanol–water partition coefficient (Wildman–Crippen LogP) is 3.40. The second-order valence-electron chi connectivity index (χ2n) is 4.70. The third kappa shape index (κ3) is 5.06. The Kier molecular flexibility index (Phi) is 7.40. The van der Waals surface area contributed by atoms with Crippen LogP contribution in [0.3, 0.4) is 0 Å². The van der Waals surface area contributed by atoms with Crippen LogP contribution in [0.4, 0.5) is 0 Å². The van der Waals surface area contributed by atoms with Gasteiger partial charge in [0.1, 0.15) is 0 Å². The van der Waals surface area contributed by atoms with Crippen molar-refractivity contribution in [3.8, 4) is 0 Å². The SMILES string of the molecule is CCN1CCC[CH2][In]([CH2]C)[CH2]CCC1. The van der Waals surface area contributed by atoms with Crippen LogP contribution in [-0.2, 0) is 0 Å². The molecular formula is C12H26InN. The summed E-state index contributed by atoms with van der Waals surface area (Å²) in [5.41, 5.74) is 0. The van der Waals surface area contributed by atoms with Gasteiger partial charge < -0.3 is 0 Å². The molecule has 0 amide bonds. The minimum atomic E-state index is -0.945. The summed E-state index contributed by atoms with van der Waals surface area (Å²) in [5, 5.41) is 0. The quantitative estimate of drug-likeness (QED) is 0.755. The van der Waals surface area contributed by atoms with Crippen LogP contribution < -0.4 is 0 Å². The van der Waals surface area contributed by atoms with Gasteiger partial charge in [-0.3, -0.25) is 0 Å². The Hall–Kier alpha value is 0.830. The average Bonchev–Trinajstić information content (AvgIpc) is 2.25. The third-order valence-electron chi connectivity index (χ3n) is 3.70. The predicted molar refractivity (Wildman–Crippen MR) is 66.4 cm³/mol. The van der Waals surface area contributed by atoms with Crippen LogP contribution in [0.15, 0.2) is 0 Å². The molecule has 0 aromatic carbocycles. The maximum absolute atomic E-state index is 2.64. The second-order valence-corrected chi connectivity index (χ2v) is 15.3. The first-order chi connectivity index (χ1) is 6.86. The van der Waals surface area contributed by atoms with Gasteiger partial charge in [0.05, 0.1) is 0 Å². The van der Waals surface area contributed by atoms with Gasteiger partial charge in [0.25, 0.3) is 0 Å². The zero-order valence-electron chi connectivity index (χ0n) is 10.1. The number of nitrogens with zero attached hydrogens (tertiary/aromatic N) is 1. The minimum absolute atomic E-state index is 0.945. The van der Waals surface area contributed by atoms with Gasteiger partial charge in [-0.05, 0) is 0 Å². The molecule has 0 unspecified atom stereocenters. The van der Waals surface area contributed by atoms with Gasteiger partial charge >= 0.3 is 98.0 Å². The van der Waals surface area contributed by atoms with E-state index >= 15 is 0 Å². The monoisotopic (exact) mass is 299 g/mol. The van der Waals surface area contributed by atoms with Crippen molar-refractivity contribution in [2.45, 2.75) is 52.1 Å². The number of hydrogen-bond acceptors (Lipinski definition) is 1. The van der Waals surface area contributed by atoms with Gasteiger partial charge in [-0.2, -0.15) is 0 Å². The van der Waals surface area contributed by atoms with Crippen LogP contribution >= 0.6 is 0 Å². The molecule has 0 aromatic heterocycles. The normalized spacial score (nSPS) is 22.3. The van der Waals surface area contributed by atoms with Gasteiger partial charge in [-0.25, -0.2) is 0 Å². The molecule has 0 bridgehead atoms. The van der Waals surface area contributed by atoms with E-state index in [2.05, 4.69) is 18.7 Å². The molecule has 0 saturated carbocycles. The number of rotatable bonds is 2. The molecule has 1 nitrogen and oxygen atoms in total. The summed E-state index contributed by atoms with van der Waals surface area (Å²) >= 11 is -0.945. The van der Waals surface area contributed by atoms with Crippen LogP contribution in [0.5, 0.6) is 0 Å². The van der Waals surface area contributed by atoms with Gasteiger partial charge in [0.2, 0.25) is 0 Å². The number of hydrogen-bond donors (Lipinski definition) is 0. The van der Waals surface area contributed by atoms with E-state index in [9.17, 15) is 0 Å². The van der Waals surface area contributed by atoms with Gasteiger partial charge in [-0.1, -0.05) is 0 Å². The third-order valence-corrected chi connectivity index (χ3v) is 14.0. The topological polar surface area (TPSA) is 3.24 Å². The molecule has 1 fully saturated rings. The molecule has 14 heavy (non-hydrogen) atoms. The van der Waals surface area contributed by atoms with Gasteiger partial charge in [0, 0.05) is 0 Å². The van der Waals surface area contributed by atoms with E-state index in [0.29, 0.717) is 0 Å². The van der Waals surface area contributed by atoms with E-state index in [0.717, 1.165) is 0 Å². The first-order valence-corrected chi connectivity index (χ1v) is 13.6. The van der Waals surface area contributed by atoms with E-state index in [1.807, 2.05) is 0 Å². The van der Waals surface area contributed by atoms with Crippen molar-refractivity contribution in [3.63, 3.8) is 0 Å². The molecule has 1 aliphatic heterocycles. The Morgan fingerprint density at radius 2 is 1.50 bits per heavy atom. The molecule has 0 N–H and O–H groups in total. The standard InChI is InChI=1S/C10H21N.C2H5.In/c1-4-7-9-11(6-3)10-8-5-2;1-2;/h1-2,4-10H2,3H3;1H2,2H3;. The fourth-order valence-electron chi connectivity index (χ4n) is 2.52. The Morgan fingerprint density at radius 1 is 0.929 bits per heavy atom. The molecule has 0 radical (unpaired) electrons. The first-order valence-electron chi connectivity index (χ1n) is 6.59. The summed E-state index contributed by atoms with van der Waals surface area (Å²) in [7, 11) is 0. The molecular weight excluding hydrogens is 273 g/mol. The van der Waals surface area contributed by atoms with E-state index < -0.39 is 21.4 Å². The Balaban J connectivity index is 2.26. The Morgan fingerprint density at radius 3 is 1.93 bits per heavy atom. The van der Waals surface area contributed by atoms with Crippen LogP contribution in [0.1, 0.15) is 39.5 Å². The fraction of sp³-hybridized carbons (Fsp3) is 1.00. The van der Waals surface area contributed by atoms with Gasteiger partial charge in [-0.15, -0.1) is 0 Å². The van der Waals surface area contributed by atoms with Crippen molar-refractivity contribution in [2.24, 2.45) is 0 Å². The molecule has 1 rings (SSSR count). The van der Waals surface area contributed by atoms with Crippen LogP contribution in [-0.4, -0.2) is 46.0 Å². The molecule has 1 aliphatic rings. The van der Waals surface area contributed by atoms with E-state index in [1.54, 1.807) is 25.4 Å². The zero-order valence-corrected chi connectivity index (χ0v) is 13.4. The van der Waals surface area contributed by atoms with Crippen LogP contribution in [0.25, 0.3) is 0 Å². The van der Waals surface area contributed by atoms with Crippen LogP contribution in [0, 0.1) is 0 Å². The van der Waals surface area contributed by atoms with E-state index in [-0.39, 0.29) is 0 Å². The maximum atomic E-state index is 2.64. The van der Waals surface area contributed by atoms with Crippen molar-refractivity contribution in [1.29, 1.82) is 0 Å². The van der Waals surface area contributed by atoms with Crippen molar-refractivity contribution in [3.05, 3.63) is 0 Å².